The molecule has 1 atom stereocenters. The Bertz CT molecular complexity index is 333. The van der Waals surface area contributed by atoms with Crippen LogP contribution in [0.5, 0.6) is 0 Å². The average Bonchev–Trinajstić information content (AvgIpc) is 2.29. The van der Waals surface area contributed by atoms with Crippen molar-refractivity contribution in [2.75, 3.05) is 0 Å². The van der Waals surface area contributed by atoms with Crippen molar-refractivity contribution in [1.82, 2.24) is 4.98 Å². The van der Waals surface area contributed by atoms with Crippen LogP contribution >= 0.6 is 0 Å². The molecule has 0 bridgehead atoms. The Balaban J connectivity index is 2.47. The van der Waals surface area contributed by atoms with Gasteiger partial charge in [0.1, 0.15) is 0 Å². The van der Waals surface area contributed by atoms with Crippen LogP contribution in [0.15, 0.2) is 29.5 Å². The summed E-state index contributed by atoms with van der Waals surface area (Å²) in [6.45, 7) is 4.11. The number of carbonyl (C=O) groups excluding carboxylic acids is 1. The van der Waals surface area contributed by atoms with Crippen molar-refractivity contribution in [2.24, 2.45) is 4.99 Å². The van der Waals surface area contributed by atoms with Gasteiger partial charge < -0.3 is 0 Å². The van der Waals surface area contributed by atoms with Gasteiger partial charge in [0, 0.05) is 36.6 Å². The van der Waals surface area contributed by atoms with Crippen molar-refractivity contribution >= 4 is 12.0 Å². The van der Waals surface area contributed by atoms with Gasteiger partial charge in [-0.1, -0.05) is 6.92 Å². The predicted molar refractivity (Wildman–Crippen MR) is 61.4 cm³/mol. The van der Waals surface area contributed by atoms with Crippen LogP contribution in [0.2, 0.25) is 0 Å². The number of hydrogen-bond acceptors (Lipinski definition) is 3. The van der Waals surface area contributed by atoms with Gasteiger partial charge in [-0.05, 0) is 25.5 Å². The van der Waals surface area contributed by atoms with Crippen LogP contribution in [0.3, 0.4) is 0 Å². The molecule has 1 rings (SSSR count). The number of aromatic nitrogens is 1. The number of nitrogens with zero attached hydrogens (tertiary/aromatic N) is 2. The molecule has 0 fully saturated rings. The molecule has 0 radical (unpaired) electrons. The van der Waals surface area contributed by atoms with E-state index in [4.69, 9.17) is 0 Å². The minimum atomic E-state index is 0.0650. The quantitative estimate of drug-likeness (QED) is 0.546. The molecule has 80 valence electrons. The topological polar surface area (TPSA) is 42.3 Å². The average molecular weight is 204 g/mol. The third-order valence-electron chi connectivity index (χ3n) is 2.21. The van der Waals surface area contributed by atoms with Crippen molar-refractivity contribution in [3.8, 4) is 0 Å². The number of hydrogen-bond donors (Lipinski definition) is 0. The number of aliphatic imine (C=N–C) groups is 1. The second-order valence-corrected chi connectivity index (χ2v) is 3.46. The largest absolute Gasteiger partial charge is 0.294 e. The first kappa shape index (κ1) is 11.6. The minimum Gasteiger partial charge on any atom is -0.294 e. The van der Waals surface area contributed by atoms with Crippen LogP contribution in [0.25, 0.3) is 0 Å². The molecule has 15 heavy (non-hydrogen) atoms. The van der Waals surface area contributed by atoms with Crippen molar-refractivity contribution in [3.63, 3.8) is 0 Å². The van der Waals surface area contributed by atoms with E-state index in [1.54, 1.807) is 30.7 Å². The maximum atomic E-state index is 11.6. The van der Waals surface area contributed by atoms with Gasteiger partial charge in [0.25, 0.3) is 0 Å². The number of ketones is 1. The molecule has 0 amide bonds. The fraction of sp³-hybridized carbons (Fsp3) is 0.417. The third kappa shape index (κ3) is 4.02. The van der Waals surface area contributed by atoms with Gasteiger partial charge in [0.2, 0.25) is 0 Å². The minimum absolute atomic E-state index is 0.0650. The van der Waals surface area contributed by atoms with Crippen LogP contribution < -0.4 is 0 Å². The number of rotatable bonds is 5. The molecule has 0 aromatic carbocycles. The third-order valence-corrected chi connectivity index (χ3v) is 2.21. The van der Waals surface area contributed by atoms with Gasteiger partial charge in [-0.3, -0.25) is 14.8 Å². The molecular weight excluding hydrogens is 188 g/mol. The Kier molecular flexibility index (Phi) is 4.68. The zero-order chi connectivity index (χ0) is 11.1. The molecule has 3 heteroatoms. The maximum Gasteiger partial charge on any atom is 0.169 e. The van der Waals surface area contributed by atoms with Gasteiger partial charge in [0.05, 0.1) is 0 Å². The highest BCUT2D eigenvalue weighted by molar-refractivity contribution is 6.03. The summed E-state index contributed by atoms with van der Waals surface area (Å²) in [7, 11) is 0. The van der Waals surface area contributed by atoms with Crippen LogP contribution in [0.1, 0.15) is 37.0 Å². The lowest BCUT2D eigenvalue weighted by molar-refractivity contribution is 0.100. The van der Waals surface area contributed by atoms with Gasteiger partial charge in [-0.25, -0.2) is 0 Å². The van der Waals surface area contributed by atoms with E-state index in [0.29, 0.717) is 18.0 Å². The van der Waals surface area contributed by atoms with Crippen molar-refractivity contribution in [3.05, 3.63) is 30.1 Å². The smallest absolute Gasteiger partial charge is 0.169 e. The summed E-state index contributed by atoms with van der Waals surface area (Å²) in [5.41, 5.74) is 0.646. The van der Waals surface area contributed by atoms with E-state index in [2.05, 4.69) is 16.9 Å². The zero-order valence-electron chi connectivity index (χ0n) is 9.18. The second kappa shape index (κ2) is 6.06. The van der Waals surface area contributed by atoms with E-state index in [1.165, 1.54) is 0 Å². The second-order valence-electron chi connectivity index (χ2n) is 3.46. The molecule has 1 aromatic heterocycles. The van der Waals surface area contributed by atoms with Crippen molar-refractivity contribution in [2.45, 2.75) is 32.7 Å². The number of carbonyl (C=O) groups is 1. The Morgan fingerprint density at radius 3 is 3.07 bits per heavy atom. The highest BCUT2D eigenvalue weighted by Crippen LogP contribution is 2.00. The molecule has 1 unspecified atom stereocenters. The Morgan fingerprint density at radius 2 is 2.47 bits per heavy atom. The van der Waals surface area contributed by atoms with Crippen molar-refractivity contribution in [1.29, 1.82) is 0 Å². The fourth-order valence-electron chi connectivity index (χ4n) is 1.07. The summed E-state index contributed by atoms with van der Waals surface area (Å²) in [5, 5.41) is 0. The molecule has 0 aliphatic heterocycles. The first-order valence-electron chi connectivity index (χ1n) is 5.19. The molecule has 0 aliphatic carbocycles. The molecule has 3 nitrogen and oxygen atoms in total. The summed E-state index contributed by atoms with van der Waals surface area (Å²) in [4.78, 5) is 19.7. The van der Waals surface area contributed by atoms with Crippen LogP contribution in [-0.4, -0.2) is 23.0 Å². The van der Waals surface area contributed by atoms with Gasteiger partial charge in [-0.15, -0.1) is 0 Å². The summed E-state index contributed by atoms with van der Waals surface area (Å²) >= 11 is 0. The zero-order valence-corrected chi connectivity index (χ0v) is 9.18. The maximum absolute atomic E-state index is 11.6. The lowest BCUT2D eigenvalue weighted by atomic mass is 10.1. The summed E-state index contributed by atoms with van der Waals surface area (Å²) < 4.78 is 0. The van der Waals surface area contributed by atoms with E-state index >= 15 is 0 Å². The van der Waals surface area contributed by atoms with Crippen LogP contribution in [0, 0.1) is 0 Å². The SMILES string of the molecule is CCC(C)N=CCC(=O)c1cccnc1. The van der Waals surface area contributed by atoms with Gasteiger partial charge in [-0.2, -0.15) is 0 Å². The van der Waals surface area contributed by atoms with Crippen LogP contribution in [-0.2, 0) is 0 Å². The monoisotopic (exact) mass is 204 g/mol. The van der Waals surface area contributed by atoms with E-state index < -0.39 is 0 Å². The van der Waals surface area contributed by atoms with E-state index in [0.717, 1.165) is 6.42 Å². The molecule has 0 saturated heterocycles. The van der Waals surface area contributed by atoms with Crippen molar-refractivity contribution < 1.29 is 4.79 Å². The molecule has 1 aromatic rings. The summed E-state index contributed by atoms with van der Waals surface area (Å²) in [6.07, 6.45) is 6.29. The van der Waals surface area contributed by atoms with E-state index in [1.807, 2.05) is 6.92 Å². The first-order chi connectivity index (χ1) is 7.24. The lowest BCUT2D eigenvalue weighted by Gasteiger charge is -1.99. The fourth-order valence-corrected chi connectivity index (χ4v) is 1.07. The molecule has 0 aliphatic rings. The van der Waals surface area contributed by atoms with Gasteiger partial charge in [0.15, 0.2) is 5.78 Å². The number of Topliss-reactive ketones (excluding diaryl/α,β-unsaturated/α-hetero) is 1. The normalized spacial score (nSPS) is 12.9. The van der Waals surface area contributed by atoms with E-state index in [-0.39, 0.29) is 5.78 Å². The molecule has 1 heterocycles. The Morgan fingerprint density at radius 1 is 1.67 bits per heavy atom. The Hall–Kier alpha value is -1.51. The highest BCUT2D eigenvalue weighted by Gasteiger charge is 2.02. The Labute approximate surface area is 90.3 Å². The number of pyridine rings is 1. The predicted octanol–water partition coefficient (Wildman–Crippen LogP) is 2.52. The highest BCUT2D eigenvalue weighted by atomic mass is 16.1. The lowest BCUT2D eigenvalue weighted by Crippen LogP contribution is -2.02. The first-order valence-corrected chi connectivity index (χ1v) is 5.19. The summed E-state index contributed by atoms with van der Waals surface area (Å²) in [6, 6.07) is 3.83. The standard InChI is InChI=1S/C12H16N2O/c1-3-10(2)14-8-6-12(15)11-5-4-7-13-9-11/h4-5,7-10H,3,6H2,1-2H3. The molecular formula is C12H16N2O. The van der Waals surface area contributed by atoms with Gasteiger partial charge >= 0.3 is 0 Å². The summed E-state index contributed by atoms with van der Waals surface area (Å²) in [5.74, 6) is 0.0650. The van der Waals surface area contributed by atoms with Crippen LogP contribution in [0.4, 0.5) is 0 Å². The molecule has 0 saturated carbocycles. The van der Waals surface area contributed by atoms with E-state index in [9.17, 15) is 4.79 Å². The molecule has 0 N–H and O–H groups in total. The molecule has 0 spiro atoms.